The summed E-state index contributed by atoms with van der Waals surface area (Å²) in [6.07, 6.45) is 4.88. The normalized spacial score (nSPS) is 23.6. The van der Waals surface area contributed by atoms with Crippen molar-refractivity contribution in [3.05, 3.63) is 59.9 Å². The van der Waals surface area contributed by atoms with E-state index in [1.165, 1.54) is 6.42 Å². The van der Waals surface area contributed by atoms with E-state index < -0.39 is 0 Å². The van der Waals surface area contributed by atoms with E-state index in [4.69, 9.17) is 0 Å². The maximum Gasteiger partial charge on any atom is 0.194 e. The molecule has 1 aromatic heterocycles. The van der Waals surface area contributed by atoms with Crippen molar-refractivity contribution in [1.29, 1.82) is 0 Å². The molecule has 0 aliphatic carbocycles. The van der Waals surface area contributed by atoms with Gasteiger partial charge in [0, 0.05) is 30.4 Å². The van der Waals surface area contributed by atoms with Gasteiger partial charge in [0.25, 0.3) is 0 Å². The van der Waals surface area contributed by atoms with Gasteiger partial charge in [-0.3, -0.25) is 9.78 Å². The van der Waals surface area contributed by atoms with Gasteiger partial charge in [-0.15, -0.1) is 0 Å². The molecule has 118 valence electrons. The van der Waals surface area contributed by atoms with Crippen LogP contribution in [0.5, 0.6) is 0 Å². The minimum Gasteiger partial charge on any atom is -0.370 e. The van der Waals surface area contributed by atoms with Crippen molar-refractivity contribution >= 4 is 11.5 Å². The highest BCUT2D eigenvalue weighted by Crippen LogP contribution is 2.28. The number of carbonyl (C=O) groups excluding carboxylic acids is 1. The number of anilines is 1. The Morgan fingerprint density at radius 2 is 1.78 bits per heavy atom. The molecule has 0 saturated carbocycles. The Kier molecular flexibility index (Phi) is 3.83. The Morgan fingerprint density at radius 3 is 2.52 bits per heavy atom. The van der Waals surface area contributed by atoms with Crippen LogP contribution in [0.25, 0.3) is 0 Å². The van der Waals surface area contributed by atoms with E-state index in [0.717, 1.165) is 31.9 Å². The number of fused-ring (bicyclic) bond motifs is 2. The fourth-order valence-corrected chi connectivity index (χ4v) is 3.80. The lowest BCUT2D eigenvalue weighted by Crippen LogP contribution is -2.51. The lowest BCUT2D eigenvalue weighted by atomic mass is 9.85. The van der Waals surface area contributed by atoms with Gasteiger partial charge in [-0.1, -0.05) is 30.3 Å². The highest BCUT2D eigenvalue weighted by Gasteiger charge is 2.30. The van der Waals surface area contributed by atoms with Crippen LogP contribution in [0.1, 0.15) is 22.3 Å². The molecule has 4 rings (SSSR count). The Bertz CT molecular complexity index is 689. The first-order valence-electron chi connectivity index (χ1n) is 8.30. The van der Waals surface area contributed by atoms with Crippen LogP contribution >= 0.6 is 0 Å². The van der Waals surface area contributed by atoms with Gasteiger partial charge >= 0.3 is 0 Å². The fourth-order valence-electron chi connectivity index (χ4n) is 3.80. The van der Waals surface area contributed by atoms with Crippen LogP contribution in [-0.4, -0.2) is 36.9 Å². The molecule has 2 fully saturated rings. The average Bonchev–Trinajstić information content (AvgIpc) is 2.61. The van der Waals surface area contributed by atoms with Gasteiger partial charge in [-0.2, -0.15) is 0 Å². The first kappa shape index (κ1) is 14.4. The van der Waals surface area contributed by atoms with E-state index >= 15 is 0 Å². The second-order valence-electron chi connectivity index (χ2n) is 6.66. The van der Waals surface area contributed by atoms with Crippen molar-refractivity contribution < 1.29 is 4.79 Å². The third-order valence-corrected chi connectivity index (χ3v) is 4.88. The van der Waals surface area contributed by atoms with Gasteiger partial charge in [-0.05, 0) is 37.4 Å². The number of ketones is 1. The average molecular weight is 307 g/mol. The number of hydrogen-bond donors (Lipinski definition) is 1. The topological polar surface area (TPSA) is 45.2 Å². The van der Waals surface area contributed by atoms with Crippen LogP contribution in [-0.2, 0) is 0 Å². The summed E-state index contributed by atoms with van der Waals surface area (Å²) < 4.78 is 0. The van der Waals surface area contributed by atoms with Crippen LogP contribution in [0.4, 0.5) is 5.69 Å². The number of carbonyl (C=O) groups is 1. The second kappa shape index (κ2) is 6.13. The molecule has 4 heteroatoms. The number of pyridine rings is 1. The number of aromatic nitrogens is 1. The maximum absolute atomic E-state index is 12.6. The molecular formula is C19H21N3O. The van der Waals surface area contributed by atoms with Gasteiger partial charge in [0.2, 0.25) is 0 Å². The molecule has 2 saturated heterocycles. The zero-order chi connectivity index (χ0) is 15.6. The molecule has 2 aliphatic heterocycles. The molecule has 1 aromatic carbocycles. The number of nitrogens with zero attached hydrogens (tertiary/aromatic N) is 2. The molecule has 23 heavy (non-hydrogen) atoms. The summed E-state index contributed by atoms with van der Waals surface area (Å²) in [5, 5.41) is 3.51. The van der Waals surface area contributed by atoms with E-state index in [9.17, 15) is 4.79 Å². The Morgan fingerprint density at radius 1 is 1.04 bits per heavy atom. The van der Waals surface area contributed by atoms with Crippen molar-refractivity contribution in [2.24, 2.45) is 11.8 Å². The minimum atomic E-state index is 0.0406. The highest BCUT2D eigenvalue weighted by molar-refractivity contribution is 6.09. The van der Waals surface area contributed by atoms with Crippen LogP contribution < -0.4 is 10.2 Å². The SMILES string of the molecule is O=C(c1ccccc1)c1cncc(N2CC3CNCC(C3)C2)c1. The molecule has 3 heterocycles. The molecule has 2 bridgehead atoms. The van der Waals surface area contributed by atoms with Crippen LogP contribution in [0, 0.1) is 11.8 Å². The van der Waals surface area contributed by atoms with E-state index in [2.05, 4.69) is 15.2 Å². The van der Waals surface area contributed by atoms with Crippen molar-refractivity contribution in [1.82, 2.24) is 10.3 Å². The van der Waals surface area contributed by atoms with Crippen molar-refractivity contribution in [2.75, 3.05) is 31.1 Å². The van der Waals surface area contributed by atoms with Crippen LogP contribution in [0.3, 0.4) is 0 Å². The molecule has 0 radical (unpaired) electrons. The van der Waals surface area contributed by atoms with E-state index in [1.807, 2.05) is 42.6 Å². The zero-order valence-corrected chi connectivity index (χ0v) is 13.1. The summed E-state index contributed by atoms with van der Waals surface area (Å²) in [6, 6.07) is 11.4. The Balaban J connectivity index is 1.58. The number of rotatable bonds is 3. The standard InChI is InChI=1S/C19H21N3O/c23-19(16-4-2-1-3-5-16)17-7-18(11-21-10-17)22-12-14-6-15(13-22)9-20-8-14/h1-5,7,10-11,14-15,20H,6,8-9,12-13H2. The Hall–Kier alpha value is -2.20. The zero-order valence-electron chi connectivity index (χ0n) is 13.1. The van der Waals surface area contributed by atoms with E-state index in [1.54, 1.807) is 6.20 Å². The predicted molar refractivity (Wildman–Crippen MR) is 90.8 cm³/mol. The van der Waals surface area contributed by atoms with Gasteiger partial charge in [0.15, 0.2) is 5.78 Å². The fraction of sp³-hybridized carbons (Fsp3) is 0.368. The van der Waals surface area contributed by atoms with E-state index in [0.29, 0.717) is 23.0 Å². The van der Waals surface area contributed by atoms with Crippen molar-refractivity contribution in [3.63, 3.8) is 0 Å². The summed E-state index contributed by atoms with van der Waals surface area (Å²) in [5.74, 6) is 1.45. The van der Waals surface area contributed by atoms with Crippen molar-refractivity contribution in [2.45, 2.75) is 6.42 Å². The first-order valence-corrected chi connectivity index (χ1v) is 8.30. The molecule has 0 amide bonds. The molecule has 2 aromatic rings. The Labute approximate surface area is 136 Å². The number of nitrogens with one attached hydrogen (secondary N) is 1. The molecular weight excluding hydrogens is 286 g/mol. The monoisotopic (exact) mass is 307 g/mol. The third-order valence-electron chi connectivity index (χ3n) is 4.88. The first-order chi connectivity index (χ1) is 11.3. The van der Waals surface area contributed by atoms with Gasteiger partial charge in [0.05, 0.1) is 11.9 Å². The summed E-state index contributed by atoms with van der Waals surface area (Å²) in [5.41, 5.74) is 2.46. The molecule has 2 aliphatic rings. The van der Waals surface area contributed by atoms with Crippen LogP contribution in [0.2, 0.25) is 0 Å². The van der Waals surface area contributed by atoms with Gasteiger partial charge in [0.1, 0.15) is 0 Å². The largest absolute Gasteiger partial charge is 0.370 e. The van der Waals surface area contributed by atoms with Gasteiger partial charge in [-0.25, -0.2) is 0 Å². The molecule has 0 spiro atoms. The quantitative estimate of drug-likeness (QED) is 0.884. The number of benzene rings is 1. The molecule has 2 atom stereocenters. The maximum atomic E-state index is 12.6. The lowest BCUT2D eigenvalue weighted by molar-refractivity contribution is 0.103. The van der Waals surface area contributed by atoms with Gasteiger partial charge < -0.3 is 10.2 Å². The third kappa shape index (κ3) is 2.99. The smallest absolute Gasteiger partial charge is 0.194 e. The minimum absolute atomic E-state index is 0.0406. The predicted octanol–water partition coefficient (Wildman–Crippen LogP) is 2.36. The van der Waals surface area contributed by atoms with Crippen molar-refractivity contribution in [3.8, 4) is 0 Å². The number of piperidine rings is 2. The number of hydrogen-bond acceptors (Lipinski definition) is 4. The summed E-state index contributed by atoms with van der Waals surface area (Å²) >= 11 is 0. The highest BCUT2D eigenvalue weighted by atomic mass is 16.1. The summed E-state index contributed by atoms with van der Waals surface area (Å²) in [6.45, 7) is 4.30. The molecule has 1 N–H and O–H groups in total. The lowest BCUT2D eigenvalue weighted by Gasteiger charge is -2.42. The van der Waals surface area contributed by atoms with Crippen LogP contribution in [0.15, 0.2) is 48.8 Å². The molecule has 4 nitrogen and oxygen atoms in total. The summed E-state index contributed by atoms with van der Waals surface area (Å²) in [7, 11) is 0. The second-order valence-corrected chi connectivity index (χ2v) is 6.66. The summed E-state index contributed by atoms with van der Waals surface area (Å²) in [4.78, 5) is 19.3. The molecule has 2 unspecified atom stereocenters. The van der Waals surface area contributed by atoms with E-state index in [-0.39, 0.29) is 5.78 Å².